The third-order valence-corrected chi connectivity index (χ3v) is 9.66. The number of ketones is 1. The van der Waals surface area contributed by atoms with Crippen molar-refractivity contribution in [2.24, 2.45) is 17.6 Å². The maximum Gasteiger partial charge on any atom is 0.311 e. The summed E-state index contributed by atoms with van der Waals surface area (Å²) >= 11 is 0. The van der Waals surface area contributed by atoms with Crippen LogP contribution in [0.3, 0.4) is 0 Å². The van der Waals surface area contributed by atoms with E-state index in [0.717, 1.165) is 0 Å². The maximum atomic E-state index is 12.8. The van der Waals surface area contributed by atoms with Crippen LogP contribution in [0.2, 0.25) is 0 Å². The zero-order valence-corrected chi connectivity index (χ0v) is 30.1. The summed E-state index contributed by atoms with van der Waals surface area (Å²) in [5, 5.41) is 74.8. The Balaban J connectivity index is 1.88. The number of ether oxygens (including phenoxy) is 4. The molecule has 52 heavy (non-hydrogen) atoms. The van der Waals surface area contributed by atoms with E-state index in [4.69, 9.17) is 24.7 Å². The van der Waals surface area contributed by atoms with Crippen molar-refractivity contribution >= 4 is 17.7 Å². The van der Waals surface area contributed by atoms with Crippen LogP contribution in [-0.4, -0.2) is 127 Å². The van der Waals surface area contributed by atoms with Crippen LogP contribution in [-0.2, 0) is 33.3 Å². The lowest BCUT2D eigenvalue weighted by atomic mass is 9.83. The van der Waals surface area contributed by atoms with Gasteiger partial charge in [0.15, 0.2) is 12.1 Å². The Labute approximate surface area is 304 Å². The Bertz CT molecular complexity index is 1290. The Kier molecular flexibility index (Phi) is 17.2. The number of fused-ring (bicyclic) bond motifs is 2. The van der Waals surface area contributed by atoms with Crippen molar-refractivity contribution in [1.29, 1.82) is 0 Å². The van der Waals surface area contributed by atoms with Crippen molar-refractivity contribution < 1.29 is 69.1 Å². The van der Waals surface area contributed by atoms with Gasteiger partial charge in [0, 0.05) is 38.5 Å². The zero-order valence-electron chi connectivity index (χ0n) is 30.1. The van der Waals surface area contributed by atoms with Gasteiger partial charge in [-0.05, 0) is 33.1 Å². The largest absolute Gasteiger partial charge is 0.481 e. The van der Waals surface area contributed by atoms with Crippen molar-refractivity contribution in [2.75, 3.05) is 0 Å². The summed E-state index contributed by atoms with van der Waals surface area (Å²) in [6.07, 6.45) is 1.33. The molecule has 0 aliphatic carbocycles. The van der Waals surface area contributed by atoms with Crippen LogP contribution in [0.1, 0.15) is 78.6 Å². The van der Waals surface area contributed by atoms with Gasteiger partial charge in [0.25, 0.3) is 0 Å². The average molecular weight is 740 g/mol. The molecule has 0 aromatic rings. The number of hydrogen-bond donors (Lipinski definition) is 8. The molecular formula is C37H57NO14. The van der Waals surface area contributed by atoms with Gasteiger partial charge in [0.1, 0.15) is 23.9 Å². The van der Waals surface area contributed by atoms with Crippen LogP contribution in [0.25, 0.3) is 0 Å². The zero-order chi connectivity index (χ0) is 38.6. The first-order valence-electron chi connectivity index (χ1n) is 18.0. The number of carbonyl (C=O) groups excluding carboxylic acids is 2. The minimum Gasteiger partial charge on any atom is -0.481 e. The third-order valence-electron chi connectivity index (χ3n) is 9.66. The van der Waals surface area contributed by atoms with E-state index in [2.05, 4.69) is 0 Å². The van der Waals surface area contributed by atoms with E-state index in [9.17, 15) is 50.1 Å². The molecule has 3 aliphatic heterocycles. The van der Waals surface area contributed by atoms with E-state index in [1.54, 1.807) is 69.4 Å². The second-order valence-electron chi connectivity index (χ2n) is 14.1. The van der Waals surface area contributed by atoms with Gasteiger partial charge < -0.3 is 60.4 Å². The molecule has 0 spiro atoms. The molecular weight excluding hydrogens is 682 g/mol. The molecule has 3 heterocycles. The van der Waals surface area contributed by atoms with Gasteiger partial charge in [-0.1, -0.05) is 55.5 Å². The Morgan fingerprint density at radius 2 is 1.65 bits per heavy atom. The highest BCUT2D eigenvalue weighted by atomic mass is 16.7. The van der Waals surface area contributed by atoms with Crippen LogP contribution in [0.15, 0.2) is 48.6 Å². The first kappa shape index (κ1) is 43.6. The van der Waals surface area contributed by atoms with Crippen LogP contribution in [0.5, 0.6) is 0 Å². The molecule has 0 radical (unpaired) electrons. The highest BCUT2D eigenvalue weighted by Gasteiger charge is 2.50. The fraction of sp³-hybridized carbons (Fsp3) is 0.703. The number of Topliss-reactive ketones (excluding diaryl/α,β-unsaturated/α-hetero) is 1. The molecule has 0 saturated carbocycles. The summed E-state index contributed by atoms with van der Waals surface area (Å²) in [6, 6.07) is -1.10. The number of aliphatic hydroxyl groups is 6. The third kappa shape index (κ3) is 12.9. The van der Waals surface area contributed by atoms with E-state index < -0.39 is 110 Å². The molecule has 15 nitrogen and oxygen atoms in total. The first-order chi connectivity index (χ1) is 24.5. The standard InChI is InChI=1S/C37H57NO14/c1-4-26-27(41)17-23(39)14-12-15-24(40)19-37(48)20-28(42)30(34(45)46)29(52-37)18-25(51-36-33(44)31(38)32(43)22(3)50-36)16-11-9-7-5-6-8-10-13-21(2)49-35(26)47/h5-11,16,21-22,24-33,36,40-44,48H,4,12-15,17-20,38H2,1-3H3,(H,45,46)/b6-5+,9-7+,10-8-,16-11+/t21-,22+,24-,25-,26-,27-,28-,29-,30+,31-,32+,33-,36-,37-/m0/s1. The summed E-state index contributed by atoms with van der Waals surface area (Å²) in [6.45, 7) is 5.00. The molecule has 15 heteroatoms. The topological polar surface area (TPSA) is 256 Å². The molecule has 3 aliphatic rings. The lowest BCUT2D eigenvalue weighted by molar-refractivity contribution is -0.308. The lowest BCUT2D eigenvalue weighted by Crippen LogP contribution is -2.61. The van der Waals surface area contributed by atoms with Crippen molar-refractivity contribution in [1.82, 2.24) is 0 Å². The van der Waals surface area contributed by atoms with Crippen molar-refractivity contribution in [2.45, 2.75) is 152 Å². The number of aliphatic carboxylic acids is 1. The maximum absolute atomic E-state index is 12.8. The SMILES string of the molecule is CC[C@@H]1C(=O)O[C@@H](C)C\C=C/C=C/C=C/C=C/[C@H](O[C@@H]2O[C@H](C)[C@@H](O)[C@H](N)[C@@H]2O)C[C@@H]2O[C@@](O)(C[C@@H](O)CCCC(=O)C[C@@H]1O)C[C@H](O)[C@H]2C(=O)O. The number of carbonyl (C=O) groups is 3. The highest BCUT2D eigenvalue weighted by molar-refractivity contribution is 5.80. The van der Waals surface area contributed by atoms with Gasteiger partial charge in [-0.25, -0.2) is 0 Å². The van der Waals surface area contributed by atoms with Crippen molar-refractivity contribution in [3.63, 3.8) is 0 Å². The van der Waals surface area contributed by atoms with Gasteiger partial charge >= 0.3 is 11.9 Å². The summed E-state index contributed by atoms with van der Waals surface area (Å²) in [5.74, 6) is -6.84. The normalized spacial score (nSPS) is 43.5. The number of carboxylic acids is 1. The smallest absolute Gasteiger partial charge is 0.311 e. The minimum atomic E-state index is -2.15. The van der Waals surface area contributed by atoms with Crippen molar-refractivity contribution in [3.05, 3.63) is 48.6 Å². The van der Waals surface area contributed by atoms with Gasteiger partial charge in [0.2, 0.25) is 0 Å². The fourth-order valence-corrected chi connectivity index (χ4v) is 6.72. The van der Waals surface area contributed by atoms with Crippen LogP contribution >= 0.6 is 0 Å². The minimum absolute atomic E-state index is 0.0197. The quantitative estimate of drug-likeness (QED) is 0.187. The van der Waals surface area contributed by atoms with E-state index in [0.29, 0.717) is 6.42 Å². The number of esters is 1. The lowest BCUT2D eigenvalue weighted by Gasteiger charge is -2.45. The predicted octanol–water partition coefficient (Wildman–Crippen LogP) is 0.923. The number of aliphatic hydroxyl groups excluding tert-OH is 5. The molecule has 0 aromatic carbocycles. The van der Waals surface area contributed by atoms with E-state index in [1.165, 1.54) is 0 Å². The van der Waals surface area contributed by atoms with E-state index in [-0.39, 0.29) is 44.3 Å². The Morgan fingerprint density at radius 3 is 2.33 bits per heavy atom. The molecule has 14 atom stereocenters. The van der Waals surface area contributed by atoms with Gasteiger partial charge in [-0.2, -0.15) is 0 Å². The van der Waals surface area contributed by atoms with Gasteiger partial charge in [-0.3, -0.25) is 14.4 Å². The fourth-order valence-electron chi connectivity index (χ4n) is 6.72. The van der Waals surface area contributed by atoms with Gasteiger partial charge in [0.05, 0.1) is 54.7 Å². The molecule has 0 amide bonds. The second-order valence-corrected chi connectivity index (χ2v) is 14.1. The molecule has 9 N–H and O–H groups in total. The first-order valence-corrected chi connectivity index (χ1v) is 18.0. The van der Waals surface area contributed by atoms with E-state index >= 15 is 0 Å². The van der Waals surface area contributed by atoms with Crippen LogP contribution in [0, 0.1) is 11.8 Å². The number of carboxylic acid groups (broad SMARTS) is 1. The summed E-state index contributed by atoms with van der Waals surface area (Å²) in [5.41, 5.74) is 5.98. The van der Waals surface area contributed by atoms with Crippen LogP contribution < -0.4 is 5.73 Å². The average Bonchev–Trinajstić information content (AvgIpc) is 3.04. The molecule has 2 fully saturated rings. The predicted molar refractivity (Wildman–Crippen MR) is 186 cm³/mol. The molecule has 0 aromatic heterocycles. The number of hydrogen-bond acceptors (Lipinski definition) is 14. The Morgan fingerprint density at radius 1 is 0.981 bits per heavy atom. The summed E-state index contributed by atoms with van der Waals surface area (Å²) in [7, 11) is 0. The number of cyclic esters (lactones) is 1. The molecule has 3 rings (SSSR count). The second kappa shape index (κ2) is 20.6. The molecule has 294 valence electrons. The number of nitrogens with two attached hydrogens (primary N) is 1. The molecule has 0 unspecified atom stereocenters. The van der Waals surface area contributed by atoms with Crippen molar-refractivity contribution in [3.8, 4) is 0 Å². The Hall–Kier alpha value is -2.83. The van der Waals surface area contributed by atoms with E-state index in [1.807, 2.05) is 0 Å². The molecule has 2 saturated heterocycles. The van der Waals surface area contributed by atoms with Gasteiger partial charge in [-0.15, -0.1) is 0 Å². The summed E-state index contributed by atoms with van der Waals surface area (Å²) in [4.78, 5) is 37.8. The number of allylic oxidation sites excluding steroid dienone is 6. The molecule has 2 bridgehead atoms. The highest BCUT2D eigenvalue weighted by Crippen LogP contribution is 2.38. The summed E-state index contributed by atoms with van der Waals surface area (Å²) < 4.78 is 23.1. The van der Waals surface area contributed by atoms with Crippen LogP contribution in [0.4, 0.5) is 0 Å². The monoisotopic (exact) mass is 739 g/mol. The number of rotatable bonds is 4.